The maximum atomic E-state index is 14.3. The highest BCUT2D eigenvalue weighted by Gasteiger charge is 2.23. The number of aromatic amines is 1. The molecule has 1 aromatic heterocycles. The standard InChI is InChI=1S/C23H23ClFN3O2/c1-13(2)14-3-5-15(6-4-14)26-20(29)12-28-10-9-19-17(11-28)23(30)16-7-8-18(24)21(25)22(16)27-19/h3-8,13H,9-12H2,1-2H3,(H,26,29)(H,27,30). The van der Waals surface area contributed by atoms with E-state index in [4.69, 9.17) is 11.6 Å². The fraction of sp³-hybridized carbons (Fsp3) is 0.304. The minimum Gasteiger partial charge on any atom is -0.355 e. The Labute approximate surface area is 178 Å². The van der Waals surface area contributed by atoms with Crippen molar-refractivity contribution in [2.75, 3.05) is 18.4 Å². The Morgan fingerprint density at radius 1 is 1.23 bits per heavy atom. The van der Waals surface area contributed by atoms with Gasteiger partial charge in [-0.05, 0) is 35.7 Å². The molecule has 0 aliphatic carbocycles. The molecule has 3 aromatic rings. The highest BCUT2D eigenvalue weighted by atomic mass is 35.5. The molecule has 2 N–H and O–H groups in total. The van der Waals surface area contributed by atoms with E-state index in [1.54, 1.807) is 0 Å². The summed E-state index contributed by atoms with van der Waals surface area (Å²) in [5.41, 5.74) is 3.16. The third kappa shape index (κ3) is 3.98. The number of carbonyl (C=O) groups excluding carboxylic acids is 1. The molecule has 30 heavy (non-hydrogen) atoms. The van der Waals surface area contributed by atoms with E-state index < -0.39 is 5.82 Å². The molecular weight excluding hydrogens is 405 g/mol. The van der Waals surface area contributed by atoms with Gasteiger partial charge in [-0.25, -0.2) is 4.39 Å². The Bertz CT molecular complexity index is 1170. The SMILES string of the molecule is CC(C)c1ccc(NC(=O)CN2CCc3[nH]c4c(F)c(Cl)ccc4c(=O)c3C2)cc1. The Morgan fingerprint density at radius 2 is 1.97 bits per heavy atom. The lowest BCUT2D eigenvalue weighted by molar-refractivity contribution is -0.117. The summed E-state index contributed by atoms with van der Waals surface area (Å²) in [5.74, 6) is -0.313. The number of anilines is 1. The summed E-state index contributed by atoms with van der Waals surface area (Å²) in [5, 5.41) is 3.16. The summed E-state index contributed by atoms with van der Waals surface area (Å²) in [6, 6.07) is 10.7. The number of fused-ring (bicyclic) bond motifs is 2. The van der Waals surface area contributed by atoms with Crippen molar-refractivity contribution in [3.05, 3.63) is 74.3 Å². The molecule has 1 aliphatic heterocycles. The van der Waals surface area contributed by atoms with Crippen LogP contribution in [0.15, 0.2) is 41.2 Å². The molecule has 2 heterocycles. The van der Waals surface area contributed by atoms with Crippen LogP contribution in [0, 0.1) is 5.82 Å². The topological polar surface area (TPSA) is 65.2 Å². The summed E-state index contributed by atoms with van der Waals surface area (Å²) in [7, 11) is 0. The largest absolute Gasteiger partial charge is 0.355 e. The van der Waals surface area contributed by atoms with Crippen molar-refractivity contribution >= 4 is 34.1 Å². The van der Waals surface area contributed by atoms with Crippen molar-refractivity contribution in [1.82, 2.24) is 9.88 Å². The number of rotatable bonds is 4. The van der Waals surface area contributed by atoms with Gasteiger partial charge in [0.2, 0.25) is 5.91 Å². The molecule has 0 spiro atoms. The van der Waals surface area contributed by atoms with Gasteiger partial charge in [-0.1, -0.05) is 37.6 Å². The van der Waals surface area contributed by atoms with E-state index in [1.165, 1.54) is 17.7 Å². The molecule has 1 aliphatic rings. The fourth-order valence-electron chi connectivity index (χ4n) is 3.83. The Hall–Kier alpha value is -2.70. The number of hydrogen-bond donors (Lipinski definition) is 2. The number of H-pyrrole nitrogens is 1. The molecule has 1 amide bonds. The zero-order valence-electron chi connectivity index (χ0n) is 16.9. The van der Waals surface area contributed by atoms with E-state index >= 15 is 0 Å². The van der Waals surface area contributed by atoms with E-state index in [0.717, 1.165) is 5.69 Å². The highest BCUT2D eigenvalue weighted by molar-refractivity contribution is 6.31. The molecule has 156 valence electrons. The molecule has 0 saturated heterocycles. The van der Waals surface area contributed by atoms with Crippen LogP contribution in [0.1, 0.15) is 36.6 Å². The second-order valence-corrected chi connectivity index (χ2v) is 8.39. The predicted octanol–water partition coefficient (Wildman–Crippen LogP) is 4.44. The summed E-state index contributed by atoms with van der Waals surface area (Å²) in [6.07, 6.45) is 0.531. The number of aromatic nitrogens is 1. The predicted molar refractivity (Wildman–Crippen MR) is 118 cm³/mol. The van der Waals surface area contributed by atoms with Gasteiger partial charge in [0.1, 0.15) is 0 Å². The zero-order chi connectivity index (χ0) is 21.4. The quantitative estimate of drug-likeness (QED) is 0.646. The summed E-state index contributed by atoms with van der Waals surface area (Å²) in [4.78, 5) is 30.3. The van der Waals surface area contributed by atoms with Crippen LogP contribution < -0.4 is 10.7 Å². The van der Waals surface area contributed by atoms with Gasteiger partial charge in [-0.2, -0.15) is 0 Å². The van der Waals surface area contributed by atoms with E-state index in [0.29, 0.717) is 36.7 Å². The first-order chi connectivity index (χ1) is 14.3. The number of amides is 1. The van der Waals surface area contributed by atoms with Crippen molar-refractivity contribution in [1.29, 1.82) is 0 Å². The van der Waals surface area contributed by atoms with E-state index in [1.807, 2.05) is 29.2 Å². The van der Waals surface area contributed by atoms with Gasteiger partial charge in [0.15, 0.2) is 11.2 Å². The third-order valence-corrected chi connectivity index (χ3v) is 5.83. The molecule has 5 nitrogen and oxygen atoms in total. The zero-order valence-corrected chi connectivity index (χ0v) is 17.6. The monoisotopic (exact) mass is 427 g/mol. The van der Waals surface area contributed by atoms with Crippen LogP contribution in [0.3, 0.4) is 0 Å². The van der Waals surface area contributed by atoms with Crippen LogP contribution in [-0.4, -0.2) is 28.9 Å². The van der Waals surface area contributed by atoms with Crippen LogP contribution in [0.25, 0.3) is 10.9 Å². The average molecular weight is 428 g/mol. The number of nitrogens with one attached hydrogen (secondary N) is 2. The first kappa shape index (κ1) is 20.6. The average Bonchev–Trinajstić information content (AvgIpc) is 2.72. The molecule has 4 rings (SSSR count). The second kappa shape index (κ2) is 8.20. The number of carbonyl (C=O) groups is 1. The van der Waals surface area contributed by atoms with Crippen LogP contribution in [0.5, 0.6) is 0 Å². The van der Waals surface area contributed by atoms with Gasteiger partial charge >= 0.3 is 0 Å². The number of benzene rings is 2. The number of halogens is 2. The maximum absolute atomic E-state index is 14.3. The van der Waals surface area contributed by atoms with Crippen LogP contribution in [-0.2, 0) is 17.8 Å². The Morgan fingerprint density at radius 3 is 2.67 bits per heavy atom. The Balaban J connectivity index is 1.49. The maximum Gasteiger partial charge on any atom is 0.238 e. The van der Waals surface area contributed by atoms with Gasteiger partial charge in [-0.15, -0.1) is 0 Å². The first-order valence-corrected chi connectivity index (χ1v) is 10.3. The lowest BCUT2D eigenvalue weighted by Gasteiger charge is -2.28. The molecule has 7 heteroatoms. The van der Waals surface area contributed by atoms with E-state index in [-0.39, 0.29) is 33.8 Å². The van der Waals surface area contributed by atoms with E-state index in [9.17, 15) is 14.0 Å². The van der Waals surface area contributed by atoms with Gasteiger partial charge in [0.25, 0.3) is 0 Å². The van der Waals surface area contributed by atoms with Crippen LogP contribution in [0.2, 0.25) is 5.02 Å². The normalized spacial score (nSPS) is 14.2. The summed E-state index contributed by atoms with van der Waals surface area (Å²) >= 11 is 5.84. The van der Waals surface area contributed by atoms with Crippen molar-refractivity contribution in [2.24, 2.45) is 0 Å². The first-order valence-electron chi connectivity index (χ1n) is 9.97. The van der Waals surface area contributed by atoms with Crippen molar-refractivity contribution in [3.63, 3.8) is 0 Å². The van der Waals surface area contributed by atoms with Gasteiger partial charge < -0.3 is 10.3 Å². The molecular formula is C23H23ClFN3O2. The van der Waals surface area contributed by atoms with Gasteiger partial charge in [0, 0.05) is 41.8 Å². The van der Waals surface area contributed by atoms with Gasteiger partial charge in [0.05, 0.1) is 17.1 Å². The van der Waals surface area contributed by atoms with Gasteiger partial charge in [-0.3, -0.25) is 14.5 Å². The molecule has 0 bridgehead atoms. The molecule has 0 saturated carbocycles. The second-order valence-electron chi connectivity index (χ2n) is 7.98. The lowest BCUT2D eigenvalue weighted by Crippen LogP contribution is -2.39. The number of hydrogen-bond acceptors (Lipinski definition) is 3. The molecule has 0 atom stereocenters. The molecule has 0 fully saturated rings. The third-order valence-electron chi connectivity index (χ3n) is 5.54. The Kier molecular flexibility index (Phi) is 5.62. The molecule has 2 aromatic carbocycles. The summed E-state index contributed by atoms with van der Waals surface area (Å²) in [6.45, 7) is 5.35. The van der Waals surface area contributed by atoms with E-state index in [2.05, 4.69) is 24.1 Å². The minimum atomic E-state index is -0.612. The smallest absolute Gasteiger partial charge is 0.238 e. The summed E-state index contributed by atoms with van der Waals surface area (Å²) < 4.78 is 14.3. The van der Waals surface area contributed by atoms with Crippen molar-refractivity contribution in [2.45, 2.75) is 32.7 Å². The van der Waals surface area contributed by atoms with Crippen LogP contribution in [0.4, 0.5) is 10.1 Å². The highest BCUT2D eigenvalue weighted by Crippen LogP contribution is 2.24. The van der Waals surface area contributed by atoms with Crippen LogP contribution >= 0.6 is 11.6 Å². The minimum absolute atomic E-state index is 0.0198. The van der Waals surface area contributed by atoms with Crippen molar-refractivity contribution < 1.29 is 9.18 Å². The fourth-order valence-corrected chi connectivity index (χ4v) is 3.99. The van der Waals surface area contributed by atoms with Crippen molar-refractivity contribution in [3.8, 4) is 0 Å². The number of pyridine rings is 1. The number of nitrogens with zero attached hydrogens (tertiary/aromatic N) is 1. The lowest BCUT2D eigenvalue weighted by atomic mass is 10.0. The molecule has 0 radical (unpaired) electrons. The molecule has 0 unspecified atom stereocenters.